The van der Waals surface area contributed by atoms with Gasteiger partial charge >= 0.3 is 0 Å². The molecular weight excluding hydrogens is 184 g/mol. The molecule has 2 nitrogen and oxygen atoms in total. The van der Waals surface area contributed by atoms with E-state index in [9.17, 15) is 0 Å². The Labute approximate surface area is 91.2 Å². The number of hydrogen-bond acceptors (Lipinski definition) is 1. The van der Waals surface area contributed by atoms with Crippen molar-refractivity contribution in [2.75, 3.05) is 0 Å². The Balaban J connectivity index is 2.59. The second-order valence-corrected chi connectivity index (χ2v) is 5.26. The molecule has 1 heterocycles. The summed E-state index contributed by atoms with van der Waals surface area (Å²) in [5.41, 5.74) is 3.35. The molecule has 15 heavy (non-hydrogen) atoms. The van der Waals surface area contributed by atoms with Crippen molar-refractivity contribution in [2.45, 2.75) is 44.9 Å². The first-order valence-corrected chi connectivity index (χ1v) is 5.40. The van der Waals surface area contributed by atoms with Crippen LogP contribution in [0.15, 0.2) is 12.4 Å². The van der Waals surface area contributed by atoms with E-state index >= 15 is 0 Å². The highest BCUT2D eigenvalue weighted by Crippen LogP contribution is 2.48. The van der Waals surface area contributed by atoms with Gasteiger partial charge in [0.1, 0.15) is 0 Å². The molecule has 0 aliphatic heterocycles. The maximum atomic E-state index is 7.19. The molecule has 0 radical (unpaired) electrons. The maximum Gasteiger partial charge on any atom is 0.208 e. The zero-order valence-corrected chi connectivity index (χ0v) is 9.54. The van der Waals surface area contributed by atoms with E-state index in [1.807, 2.05) is 6.20 Å². The van der Waals surface area contributed by atoms with Gasteiger partial charge < -0.3 is 0 Å². The molecule has 0 N–H and O–H groups in total. The van der Waals surface area contributed by atoms with Gasteiger partial charge in [-0.05, 0) is 35.3 Å². The van der Waals surface area contributed by atoms with Crippen molar-refractivity contribution in [3.05, 3.63) is 34.9 Å². The first-order valence-electron chi connectivity index (χ1n) is 5.40. The van der Waals surface area contributed by atoms with Crippen molar-refractivity contribution in [2.24, 2.45) is 0 Å². The lowest BCUT2D eigenvalue weighted by Crippen LogP contribution is -2.14. The van der Waals surface area contributed by atoms with Crippen molar-refractivity contribution in [1.29, 1.82) is 0 Å². The van der Waals surface area contributed by atoms with Crippen LogP contribution in [0.5, 0.6) is 0 Å². The fourth-order valence-corrected chi connectivity index (χ4v) is 1.95. The number of nitrogens with zero attached hydrogens (tertiary/aromatic N) is 2. The number of hydrogen-bond donors (Lipinski definition) is 0. The molecule has 0 atom stereocenters. The van der Waals surface area contributed by atoms with Crippen molar-refractivity contribution >= 4 is 5.69 Å². The minimum atomic E-state index is 0.0889. The summed E-state index contributed by atoms with van der Waals surface area (Å²) < 4.78 is 0. The maximum absolute atomic E-state index is 7.19. The molecular formula is C13H16N2. The first-order chi connectivity index (χ1) is 7.04. The quantitative estimate of drug-likeness (QED) is 0.630. The normalized spacial score (nSPS) is 16.1. The Morgan fingerprint density at radius 2 is 2.00 bits per heavy atom. The van der Waals surface area contributed by atoms with Gasteiger partial charge in [-0.25, -0.2) is 4.85 Å². The molecule has 1 aliphatic rings. The summed E-state index contributed by atoms with van der Waals surface area (Å²) in [4.78, 5) is 7.77. The fraction of sp³-hybridized carbons (Fsp3) is 0.538. The van der Waals surface area contributed by atoms with Crippen LogP contribution in [0.1, 0.15) is 50.7 Å². The van der Waals surface area contributed by atoms with E-state index in [4.69, 9.17) is 6.57 Å². The zero-order chi connectivity index (χ0) is 11.1. The number of aromatic nitrogens is 1. The van der Waals surface area contributed by atoms with E-state index in [0.29, 0.717) is 5.92 Å². The Bertz CT molecular complexity index is 417. The van der Waals surface area contributed by atoms with Crippen LogP contribution in [0.25, 0.3) is 4.85 Å². The molecule has 0 aromatic carbocycles. The molecule has 1 aliphatic carbocycles. The van der Waals surface area contributed by atoms with E-state index in [1.165, 1.54) is 24.0 Å². The van der Waals surface area contributed by atoms with E-state index in [2.05, 4.69) is 30.6 Å². The second-order valence-electron chi connectivity index (χ2n) is 5.26. The van der Waals surface area contributed by atoms with Crippen molar-refractivity contribution in [3.63, 3.8) is 0 Å². The molecule has 0 saturated heterocycles. The summed E-state index contributed by atoms with van der Waals surface area (Å²) in [6.07, 6.45) is 6.10. The average Bonchev–Trinajstić information content (AvgIpc) is 2.98. The summed E-state index contributed by atoms with van der Waals surface area (Å²) in [5.74, 6) is 0.617. The summed E-state index contributed by atoms with van der Waals surface area (Å²) in [6.45, 7) is 13.7. The lowest BCUT2D eigenvalue weighted by Gasteiger charge is -2.23. The van der Waals surface area contributed by atoms with Crippen LogP contribution in [0.2, 0.25) is 0 Å². The van der Waals surface area contributed by atoms with Gasteiger partial charge in [0.05, 0.1) is 6.57 Å². The lowest BCUT2D eigenvalue weighted by molar-refractivity contribution is 0.580. The molecule has 1 aromatic heterocycles. The molecule has 1 fully saturated rings. The average molecular weight is 200 g/mol. The van der Waals surface area contributed by atoms with Crippen molar-refractivity contribution < 1.29 is 0 Å². The monoisotopic (exact) mass is 200 g/mol. The minimum absolute atomic E-state index is 0.0889. The predicted octanol–water partition coefficient (Wildman–Crippen LogP) is 3.81. The van der Waals surface area contributed by atoms with Crippen LogP contribution in [-0.2, 0) is 5.41 Å². The molecule has 78 valence electrons. The van der Waals surface area contributed by atoms with Crippen LogP contribution in [0.4, 0.5) is 5.69 Å². The Kier molecular flexibility index (Phi) is 2.26. The van der Waals surface area contributed by atoms with Gasteiger partial charge in [-0.1, -0.05) is 20.8 Å². The third-order valence-corrected chi connectivity index (χ3v) is 2.88. The molecule has 0 spiro atoms. The van der Waals surface area contributed by atoms with Crippen LogP contribution in [0, 0.1) is 6.57 Å². The molecule has 1 aromatic rings. The molecule has 2 heteroatoms. The van der Waals surface area contributed by atoms with Gasteiger partial charge in [-0.15, -0.1) is 0 Å². The van der Waals surface area contributed by atoms with Gasteiger partial charge in [0.15, 0.2) is 0 Å². The van der Waals surface area contributed by atoms with Gasteiger partial charge in [0.25, 0.3) is 0 Å². The van der Waals surface area contributed by atoms with E-state index < -0.39 is 0 Å². The second kappa shape index (κ2) is 3.34. The summed E-state index contributed by atoms with van der Waals surface area (Å²) in [6, 6.07) is 0. The predicted molar refractivity (Wildman–Crippen MR) is 61.2 cm³/mol. The molecule has 0 unspecified atom stereocenters. The largest absolute Gasteiger partial charge is 0.276 e. The molecule has 0 bridgehead atoms. The Morgan fingerprint density at radius 1 is 1.33 bits per heavy atom. The van der Waals surface area contributed by atoms with Crippen LogP contribution >= 0.6 is 0 Å². The summed E-state index contributed by atoms with van der Waals surface area (Å²) in [5, 5.41) is 0. The Morgan fingerprint density at radius 3 is 2.47 bits per heavy atom. The number of pyridine rings is 1. The summed E-state index contributed by atoms with van der Waals surface area (Å²) in [7, 11) is 0. The van der Waals surface area contributed by atoms with Crippen LogP contribution < -0.4 is 0 Å². The third-order valence-electron chi connectivity index (χ3n) is 2.88. The highest BCUT2D eigenvalue weighted by atomic mass is 14.7. The first kappa shape index (κ1) is 10.2. The van der Waals surface area contributed by atoms with Gasteiger partial charge in [-0.2, -0.15) is 0 Å². The van der Waals surface area contributed by atoms with Gasteiger partial charge in [-0.3, -0.25) is 4.98 Å². The van der Waals surface area contributed by atoms with E-state index in [0.717, 1.165) is 5.69 Å². The van der Waals surface area contributed by atoms with Crippen molar-refractivity contribution in [3.8, 4) is 0 Å². The topological polar surface area (TPSA) is 17.2 Å². The highest BCUT2D eigenvalue weighted by Gasteiger charge is 2.32. The van der Waals surface area contributed by atoms with Gasteiger partial charge in [0, 0.05) is 12.4 Å². The standard InChI is InChI=1S/C13H16N2/c1-13(2,3)10-7-15-8-11(14-4)12(10)9-5-6-9/h7-9H,5-6H2,1-3H3. The number of rotatable bonds is 1. The van der Waals surface area contributed by atoms with Crippen LogP contribution in [-0.4, -0.2) is 4.98 Å². The summed E-state index contributed by atoms with van der Waals surface area (Å²) >= 11 is 0. The molecule has 1 saturated carbocycles. The highest BCUT2D eigenvalue weighted by molar-refractivity contribution is 5.58. The fourth-order valence-electron chi connectivity index (χ4n) is 1.95. The van der Waals surface area contributed by atoms with Crippen LogP contribution in [0.3, 0.4) is 0 Å². The van der Waals surface area contributed by atoms with Gasteiger partial charge in [0.2, 0.25) is 5.69 Å². The molecule has 0 amide bonds. The third kappa shape index (κ3) is 1.87. The van der Waals surface area contributed by atoms with E-state index in [-0.39, 0.29) is 5.41 Å². The minimum Gasteiger partial charge on any atom is -0.276 e. The SMILES string of the molecule is [C-]#[N+]c1cncc(C(C)(C)C)c1C1CC1. The Hall–Kier alpha value is -1.36. The van der Waals surface area contributed by atoms with E-state index in [1.54, 1.807) is 6.20 Å². The smallest absolute Gasteiger partial charge is 0.208 e. The molecule has 2 rings (SSSR count). The zero-order valence-electron chi connectivity index (χ0n) is 9.54. The van der Waals surface area contributed by atoms with Crippen molar-refractivity contribution in [1.82, 2.24) is 4.98 Å². The lowest BCUT2D eigenvalue weighted by atomic mass is 9.83.